The highest BCUT2D eigenvalue weighted by molar-refractivity contribution is 7.18. The summed E-state index contributed by atoms with van der Waals surface area (Å²) >= 11 is 3.37. The first kappa shape index (κ1) is 9.89. The molecule has 19 heavy (non-hydrogen) atoms. The molecule has 3 heterocycles. The Bertz CT molecular complexity index is 983. The Kier molecular flexibility index (Phi) is 1.72. The number of H-pyrrole nitrogens is 1. The number of hydrogen-bond donors (Lipinski definition) is 1. The predicted octanol–water partition coefficient (Wildman–Crippen LogP) is 4.54. The van der Waals surface area contributed by atoms with Crippen LogP contribution in [0.15, 0.2) is 35.3 Å². The molecule has 0 bridgehead atoms. The number of rotatable bonds is 0. The Morgan fingerprint density at radius 1 is 0.737 bits per heavy atom. The standard InChI is InChI=1S/C14H7N3S2/c1-3-9-13(18-5-15-9)11-7(1)8-2-4-10-14(12(8)17-11)19-6-16-10/h1-6,17H. The van der Waals surface area contributed by atoms with Gasteiger partial charge in [-0.3, -0.25) is 0 Å². The molecule has 0 radical (unpaired) electrons. The zero-order valence-corrected chi connectivity index (χ0v) is 11.3. The van der Waals surface area contributed by atoms with E-state index in [1.165, 1.54) is 31.2 Å². The van der Waals surface area contributed by atoms with E-state index in [0.29, 0.717) is 0 Å². The Labute approximate surface area is 115 Å². The maximum Gasteiger partial charge on any atom is 0.0833 e. The molecular formula is C14H7N3S2. The van der Waals surface area contributed by atoms with Gasteiger partial charge in [-0.25, -0.2) is 9.97 Å². The maximum atomic E-state index is 4.38. The molecule has 90 valence electrons. The lowest BCUT2D eigenvalue weighted by atomic mass is 10.1. The van der Waals surface area contributed by atoms with Crippen LogP contribution in [0.3, 0.4) is 0 Å². The largest absolute Gasteiger partial charge is 0.352 e. The van der Waals surface area contributed by atoms with Crippen LogP contribution in [0.2, 0.25) is 0 Å². The van der Waals surface area contributed by atoms with Gasteiger partial charge in [0.15, 0.2) is 0 Å². The van der Waals surface area contributed by atoms with Crippen molar-refractivity contribution in [3.05, 3.63) is 35.3 Å². The van der Waals surface area contributed by atoms with Crippen molar-refractivity contribution in [1.82, 2.24) is 15.0 Å². The molecular weight excluding hydrogens is 274 g/mol. The van der Waals surface area contributed by atoms with Gasteiger partial charge < -0.3 is 4.98 Å². The van der Waals surface area contributed by atoms with Gasteiger partial charge in [-0.15, -0.1) is 22.7 Å². The summed E-state index contributed by atoms with van der Waals surface area (Å²) in [6, 6.07) is 8.50. The lowest BCUT2D eigenvalue weighted by Gasteiger charge is -1.92. The molecule has 0 saturated carbocycles. The van der Waals surface area contributed by atoms with Crippen LogP contribution in [-0.2, 0) is 0 Å². The van der Waals surface area contributed by atoms with Crippen molar-refractivity contribution in [1.29, 1.82) is 0 Å². The van der Waals surface area contributed by atoms with Gasteiger partial charge in [0, 0.05) is 10.8 Å². The van der Waals surface area contributed by atoms with Crippen molar-refractivity contribution >= 4 is 64.9 Å². The second kappa shape index (κ2) is 3.31. The fourth-order valence-corrected chi connectivity index (χ4v) is 4.26. The predicted molar refractivity (Wildman–Crippen MR) is 82.2 cm³/mol. The number of nitrogens with zero attached hydrogens (tertiary/aromatic N) is 2. The van der Waals surface area contributed by atoms with Crippen LogP contribution >= 0.6 is 22.7 Å². The van der Waals surface area contributed by atoms with Crippen LogP contribution in [-0.4, -0.2) is 15.0 Å². The zero-order chi connectivity index (χ0) is 12.4. The second-order valence-corrected chi connectivity index (χ2v) is 6.21. The van der Waals surface area contributed by atoms with Gasteiger partial charge >= 0.3 is 0 Å². The molecule has 3 nitrogen and oxygen atoms in total. The summed E-state index contributed by atoms with van der Waals surface area (Å²) in [5.41, 5.74) is 8.30. The Morgan fingerprint density at radius 3 is 1.79 bits per heavy atom. The van der Waals surface area contributed by atoms with Crippen molar-refractivity contribution < 1.29 is 0 Å². The molecule has 0 aliphatic rings. The lowest BCUT2D eigenvalue weighted by molar-refractivity contribution is 1.50. The summed E-state index contributed by atoms with van der Waals surface area (Å²) in [6.07, 6.45) is 0. The first-order valence-corrected chi connectivity index (χ1v) is 7.67. The maximum absolute atomic E-state index is 4.38. The van der Waals surface area contributed by atoms with Crippen LogP contribution in [0.5, 0.6) is 0 Å². The summed E-state index contributed by atoms with van der Waals surface area (Å²) in [5, 5.41) is 2.53. The molecule has 0 aliphatic carbocycles. The van der Waals surface area contributed by atoms with Crippen molar-refractivity contribution in [3.8, 4) is 0 Å². The molecule has 0 unspecified atom stereocenters. The van der Waals surface area contributed by atoms with Gasteiger partial charge in [0.05, 0.1) is 42.5 Å². The minimum absolute atomic E-state index is 1.06. The summed E-state index contributed by atoms with van der Waals surface area (Å²) in [6.45, 7) is 0. The van der Waals surface area contributed by atoms with E-state index in [2.05, 4.69) is 39.2 Å². The van der Waals surface area contributed by atoms with E-state index in [1.54, 1.807) is 22.7 Å². The second-order valence-electron chi connectivity index (χ2n) is 4.50. The number of nitrogens with one attached hydrogen (secondary N) is 1. The van der Waals surface area contributed by atoms with E-state index in [9.17, 15) is 0 Å². The fourth-order valence-electron chi connectivity index (χ4n) is 2.68. The molecule has 5 rings (SSSR count). The Balaban J connectivity index is 2.15. The molecule has 0 amide bonds. The molecule has 5 heteroatoms. The van der Waals surface area contributed by atoms with Gasteiger partial charge in [-0.05, 0) is 24.3 Å². The van der Waals surface area contributed by atoms with Crippen molar-refractivity contribution in [2.75, 3.05) is 0 Å². The Morgan fingerprint density at radius 2 is 1.26 bits per heavy atom. The first-order chi connectivity index (χ1) is 9.42. The van der Waals surface area contributed by atoms with Crippen LogP contribution in [0, 0.1) is 0 Å². The van der Waals surface area contributed by atoms with E-state index < -0.39 is 0 Å². The summed E-state index contributed by atoms with van der Waals surface area (Å²) < 4.78 is 2.46. The van der Waals surface area contributed by atoms with Crippen molar-refractivity contribution in [3.63, 3.8) is 0 Å². The number of thiazole rings is 2. The van der Waals surface area contributed by atoms with Gasteiger partial charge in [0.25, 0.3) is 0 Å². The Hall–Kier alpha value is -1.98. The third-order valence-electron chi connectivity index (χ3n) is 3.54. The lowest BCUT2D eigenvalue weighted by Crippen LogP contribution is -1.69. The van der Waals surface area contributed by atoms with E-state index in [4.69, 9.17) is 0 Å². The van der Waals surface area contributed by atoms with Gasteiger partial charge in [-0.1, -0.05) is 0 Å². The van der Waals surface area contributed by atoms with Crippen LogP contribution in [0.1, 0.15) is 0 Å². The molecule has 0 saturated heterocycles. The zero-order valence-electron chi connectivity index (χ0n) is 9.68. The van der Waals surface area contributed by atoms with E-state index in [0.717, 1.165) is 11.0 Å². The number of aromatic nitrogens is 3. The highest BCUT2D eigenvalue weighted by Gasteiger charge is 2.12. The monoisotopic (exact) mass is 281 g/mol. The van der Waals surface area contributed by atoms with Crippen LogP contribution in [0.4, 0.5) is 0 Å². The normalized spacial score (nSPS) is 12.2. The summed E-state index contributed by atoms with van der Waals surface area (Å²) in [7, 11) is 0. The van der Waals surface area contributed by atoms with Crippen LogP contribution < -0.4 is 0 Å². The van der Waals surface area contributed by atoms with Gasteiger partial charge in [0.2, 0.25) is 0 Å². The molecule has 2 aromatic carbocycles. The topological polar surface area (TPSA) is 41.6 Å². The number of benzene rings is 2. The molecule has 1 N–H and O–H groups in total. The minimum Gasteiger partial charge on any atom is -0.352 e. The third kappa shape index (κ3) is 1.16. The molecule has 0 fully saturated rings. The van der Waals surface area contributed by atoms with Crippen LogP contribution in [0.25, 0.3) is 42.2 Å². The molecule has 5 aromatic rings. The SMILES string of the molecule is c1nc2ccc3c4ccc5ncsc5c4[nH]c3c2s1. The molecule has 0 aliphatic heterocycles. The number of fused-ring (bicyclic) bond motifs is 7. The van der Waals surface area contributed by atoms with Gasteiger partial charge in [0.1, 0.15) is 0 Å². The molecule has 0 spiro atoms. The quantitative estimate of drug-likeness (QED) is 0.453. The number of hydrogen-bond acceptors (Lipinski definition) is 4. The highest BCUT2D eigenvalue weighted by Crippen LogP contribution is 2.36. The summed E-state index contributed by atoms with van der Waals surface area (Å²) in [5.74, 6) is 0. The van der Waals surface area contributed by atoms with Gasteiger partial charge in [-0.2, -0.15) is 0 Å². The molecule has 0 atom stereocenters. The smallest absolute Gasteiger partial charge is 0.0833 e. The van der Waals surface area contributed by atoms with E-state index in [1.807, 2.05) is 11.0 Å². The van der Waals surface area contributed by atoms with E-state index >= 15 is 0 Å². The fraction of sp³-hybridized carbons (Fsp3) is 0. The minimum atomic E-state index is 1.06. The third-order valence-corrected chi connectivity index (χ3v) is 5.26. The average molecular weight is 281 g/mol. The van der Waals surface area contributed by atoms with E-state index in [-0.39, 0.29) is 0 Å². The molecule has 3 aromatic heterocycles. The highest BCUT2D eigenvalue weighted by atomic mass is 32.1. The average Bonchev–Trinajstić information content (AvgIpc) is 3.14. The number of aromatic amines is 1. The van der Waals surface area contributed by atoms with Crippen molar-refractivity contribution in [2.45, 2.75) is 0 Å². The van der Waals surface area contributed by atoms with Crippen molar-refractivity contribution in [2.24, 2.45) is 0 Å². The first-order valence-electron chi connectivity index (χ1n) is 5.91. The summed E-state index contributed by atoms with van der Waals surface area (Å²) in [4.78, 5) is 12.3.